The Morgan fingerprint density at radius 3 is 2.68 bits per heavy atom. The minimum absolute atomic E-state index is 0.108. The van der Waals surface area contributed by atoms with E-state index in [0.29, 0.717) is 10.0 Å². The van der Waals surface area contributed by atoms with Gasteiger partial charge in [0.05, 0.1) is 10.0 Å². The van der Waals surface area contributed by atoms with Crippen molar-refractivity contribution >= 4 is 27.5 Å². The topological polar surface area (TPSA) is 61.4 Å². The lowest BCUT2D eigenvalue weighted by atomic mass is 10.1. The third-order valence-corrected chi connectivity index (χ3v) is 3.69. The maximum Gasteiger partial charge on any atom is 0.255 e. The van der Waals surface area contributed by atoms with Gasteiger partial charge in [0.25, 0.3) is 5.91 Å². The van der Waals surface area contributed by atoms with Crippen LogP contribution in [0.5, 0.6) is 5.75 Å². The highest BCUT2D eigenvalue weighted by Gasteiger charge is 2.24. The molecule has 2 aromatic rings. The fourth-order valence-corrected chi connectivity index (χ4v) is 2.47. The SMILES string of the molecule is O=C1N[C@H](c2ccc(O)c(Br)c2)Nc2ccccc21. The number of halogens is 1. The zero-order chi connectivity index (χ0) is 13.4. The van der Waals surface area contributed by atoms with Crippen molar-refractivity contribution in [3.63, 3.8) is 0 Å². The van der Waals surface area contributed by atoms with E-state index in [2.05, 4.69) is 26.6 Å². The molecule has 0 bridgehead atoms. The van der Waals surface area contributed by atoms with Crippen LogP contribution in [0.4, 0.5) is 5.69 Å². The Hall–Kier alpha value is -2.01. The first-order valence-electron chi connectivity index (χ1n) is 5.80. The lowest BCUT2D eigenvalue weighted by Gasteiger charge is -2.28. The molecule has 19 heavy (non-hydrogen) atoms. The number of anilines is 1. The molecule has 1 atom stereocenters. The molecule has 96 valence electrons. The van der Waals surface area contributed by atoms with Gasteiger partial charge in [-0.15, -0.1) is 0 Å². The van der Waals surface area contributed by atoms with Crippen LogP contribution in [-0.2, 0) is 0 Å². The molecule has 0 radical (unpaired) electrons. The van der Waals surface area contributed by atoms with Crippen LogP contribution >= 0.6 is 15.9 Å². The Morgan fingerprint density at radius 2 is 1.89 bits per heavy atom. The molecule has 4 nitrogen and oxygen atoms in total. The molecule has 5 heteroatoms. The number of amides is 1. The number of benzene rings is 2. The van der Waals surface area contributed by atoms with Crippen LogP contribution < -0.4 is 10.6 Å². The maximum atomic E-state index is 12.0. The quantitative estimate of drug-likeness (QED) is 0.757. The van der Waals surface area contributed by atoms with E-state index in [1.165, 1.54) is 0 Å². The summed E-state index contributed by atoms with van der Waals surface area (Å²) < 4.78 is 0.597. The van der Waals surface area contributed by atoms with E-state index in [4.69, 9.17) is 0 Å². The predicted octanol–water partition coefficient (Wildman–Crippen LogP) is 3.01. The zero-order valence-electron chi connectivity index (χ0n) is 9.85. The van der Waals surface area contributed by atoms with Crippen LogP contribution in [0.2, 0.25) is 0 Å². The molecule has 0 aromatic heterocycles. The van der Waals surface area contributed by atoms with E-state index in [-0.39, 0.29) is 17.8 Å². The van der Waals surface area contributed by atoms with Crippen LogP contribution in [0, 0.1) is 0 Å². The van der Waals surface area contributed by atoms with E-state index < -0.39 is 0 Å². The van der Waals surface area contributed by atoms with Gasteiger partial charge in [-0.2, -0.15) is 0 Å². The third-order valence-electron chi connectivity index (χ3n) is 3.05. The first-order valence-corrected chi connectivity index (χ1v) is 6.59. The molecule has 3 rings (SSSR count). The van der Waals surface area contributed by atoms with Crippen molar-refractivity contribution in [1.29, 1.82) is 0 Å². The van der Waals surface area contributed by atoms with Crippen molar-refractivity contribution in [3.05, 3.63) is 58.1 Å². The summed E-state index contributed by atoms with van der Waals surface area (Å²) in [6, 6.07) is 12.5. The molecule has 0 fully saturated rings. The number of phenols is 1. The average molecular weight is 319 g/mol. The molecule has 1 heterocycles. The lowest BCUT2D eigenvalue weighted by Crippen LogP contribution is -2.38. The summed E-state index contributed by atoms with van der Waals surface area (Å²) in [5.74, 6) is 0.0647. The summed E-state index contributed by atoms with van der Waals surface area (Å²) >= 11 is 3.27. The Kier molecular flexibility index (Phi) is 2.91. The fraction of sp³-hybridized carbons (Fsp3) is 0.0714. The van der Waals surface area contributed by atoms with E-state index in [1.54, 1.807) is 24.3 Å². The normalized spacial score (nSPS) is 17.3. The van der Waals surface area contributed by atoms with E-state index in [0.717, 1.165) is 11.3 Å². The molecule has 1 aliphatic heterocycles. The smallest absolute Gasteiger partial charge is 0.255 e. The fourth-order valence-electron chi connectivity index (χ4n) is 2.08. The molecular weight excluding hydrogens is 308 g/mol. The molecule has 0 unspecified atom stereocenters. The van der Waals surface area contributed by atoms with E-state index in [9.17, 15) is 9.90 Å². The molecule has 0 saturated carbocycles. The highest BCUT2D eigenvalue weighted by molar-refractivity contribution is 9.10. The Balaban J connectivity index is 1.96. The Bertz CT molecular complexity index is 658. The number of nitrogens with one attached hydrogen (secondary N) is 2. The van der Waals surface area contributed by atoms with Crippen LogP contribution in [0.3, 0.4) is 0 Å². The summed E-state index contributed by atoms with van der Waals surface area (Å²) in [5.41, 5.74) is 2.31. The standard InChI is InChI=1S/C14H11BrN2O2/c15-10-7-8(5-6-12(10)18)13-16-11-4-2-1-3-9(11)14(19)17-13/h1-7,13,16,18H,(H,17,19)/t13-/m1/s1. The summed E-state index contributed by atoms with van der Waals surface area (Å²) in [6.07, 6.45) is -0.306. The highest BCUT2D eigenvalue weighted by Crippen LogP contribution is 2.30. The van der Waals surface area contributed by atoms with Crippen molar-refractivity contribution in [2.75, 3.05) is 5.32 Å². The third kappa shape index (κ3) is 2.17. The van der Waals surface area contributed by atoms with Crippen molar-refractivity contribution in [1.82, 2.24) is 5.32 Å². The van der Waals surface area contributed by atoms with Gasteiger partial charge >= 0.3 is 0 Å². The second-order valence-corrected chi connectivity index (χ2v) is 5.16. The number of carbonyl (C=O) groups excluding carboxylic acids is 1. The number of hydrogen-bond acceptors (Lipinski definition) is 3. The van der Waals surface area contributed by atoms with Gasteiger partial charge in [-0.05, 0) is 45.8 Å². The molecule has 3 N–H and O–H groups in total. The van der Waals surface area contributed by atoms with Crippen LogP contribution in [0.1, 0.15) is 22.1 Å². The number of para-hydroxylation sites is 1. The minimum atomic E-state index is -0.306. The second-order valence-electron chi connectivity index (χ2n) is 4.31. The molecule has 0 saturated heterocycles. The molecule has 1 amide bonds. The van der Waals surface area contributed by atoms with Crippen LogP contribution in [0.25, 0.3) is 0 Å². The Labute approximate surface area is 118 Å². The number of carbonyl (C=O) groups is 1. The Morgan fingerprint density at radius 1 is 1.11 bits per heavy atom. The average Bonchev–Trinajstić information content (AvgIpc) is 2.42. The van der Waals surface area contributed by atoms with Crippen molar-refractivity contribution in [2.45, 2.75) is 6.17 Å². The van der Waals surface area contributed by atoms with Gasteiger partial charge in [0, 0.05) is 5.69 Å². The number of fused-ring (bicyclic) bond motifs is 1. The number of rotatable bonds is 1. The van der Waals surface area contributed by atoms with Crippen molar-refractivity contribution in [3.8, 4) is 5.75 Å². The lowest BCUT2D eigenvalue weighted by molar-refractivity contribution is 0.0935. The van der Waals surface area contributed by atoms with Crippen molar-refractivity contribution in [2.24, 2.45) is 0 Å². The van der Waals surface area contributed by atoms with Gasteiger partial charge in [0.2, 0.25) is 0 Å². The molecule has 1 aliphatic rings. The molecule has 0 spiro atoms. The summed E-state index contributed by atoms with van der Waals surface area (Å²) in [6.45, 7) is 0. The first-order chi connectivity index (χ1) is 9.15. The molecule has 0 aliphatic carbocycles. The first kappa shape index (κ1) is 12.0. The van der Waals surface area contributed by atoms with Gasteiger partial charge in [0.15, 0.2) is 0 Å². The van der Waals surface area contributed by atoms with Crippen LogP contribution in [0.15, 0.2) is 46.9 Å². The number of hydrogen-bond donors (Lipinski definition) is 3. The second kappa shape index (κ2) is 4.59. The van der Waals surface area contributed by atoms with E-state index >= 15 is 0 Å². The van der Waals surface area contributed by atoms with Crippen molar-refractivity contribution < 1.29 is 9.90 Å². The van der Waals surface area contributed by atoms with Gasteiger partial charge in [0.1, 0.15) is 11.9 Å². The summed E-state index contributed by atoms with van der Waals surface area (Å²) in [7, 11) is 0. The van der Waals surface area contributed by atoms with Gasteiger partial charge in [-0.25, -0.2) is 0 Å². The largest absolute Gasteiger partial charge is 0.507 e. The minimum Gasteiger partial charge on any atom is -0.507 e. The monoisotopic (exact) mass is 318 g/mol. The number of phenolic OH excluding ortho intramolecular Hbond substituents is 1. The van der Waals surface area contributed by atoms with Gasteiger partial charge < -0.3 is 15.7 Å². The van der Waals surface area contributed by atoms with E-state index in [1.807, 2.05) is 18.2 Å². The van der Waals surface area contributed by atoms with Crippen LogP contribution in [-0.4, -0.2) is 11.0 Å². The highest BCUT2D eigenvalue weighted by atomic mass is 79.9. The molecular formula is C14H11BrN2O2. The number of aromatic hydroxyl groups is 1. The zero-order valence-corrected chi connectivity index (χ0v) is 11.4. The summed E-state index contributed by atoms with van der Waals surface area (Å²) in [4.78, 5) is 12.0. The summed E-state index contributed by atoms with van der Waals surface area (Å²) in [5, 5.41) is 15.6. The predicted molar refractivity (Wildman–Crippen MR) is 76.1 cm³/mol. The molecule has 2 aromatic carbocycles. The van der Waals surface area contributed by atoms with Gasteiger partial charge in [-0.1, -0.05) is 18.2 Å². The maximum absolute atomic E-state index is 12.0. The van der Waals surface area contributed by atoms with Gasteiger partial charge in [-0.3, -0.25) is 4.79 Å².